The molecule has 0 aromatic carbocycles. The highest BCUT2D eigenvalue weighted by Gasteiger charge is 2.66. The van der Waals surface area contributed by atoms with Gasteiger partial charge in [0.2, 0.25) is 0 Å². The predicted octanol–water partition coefficient (Wildman–Crippen LogP) is 2.15. The molecule has 0 amide bonds. The zero-order chi connectivity index (χ0) is 13.1. The van der Waals surface area contributed by atoms with Gasteiger partial charge in [0.15, 0.2) is 0 Å². The Morgan fingerprint density at radius 2 is 2.05 bits per heavy atom. The fourth-order valence-corrected chi connectivity index (χ4v) is 5.44. The summed E-state index contributed by atoms with van der Waals surface area (Å²) in [6.07, 6.45) is 5.73. The van der Waals surface area contributed by atoms with E-state index in [4.69, 9.17) is 0 Å². The van der Waals surface area contributed by atoms with Crippen LogP contribution in [0.5, 0.6) is 0 Å². The molecule has 1 aromatic rings. The van der Waals surface area contributed by atoms with Crippen LogP contribution in [-0.4, -0.2) is 22.9 Å². The maximum absolute atomic E-state index is 4.48. The van der Waals surface area contributed by atoms with E-state index in [1.807, 2.05) is 0 Å². The van der Waals surface area contributed by atoms with Crippen molar-refractivity contribution in [3.8, 4) is 0 Å². The fraction of sp³-hybridized carbons (Fsp3) is 0.812. The van der Waals surface area contributed by atoms with Crippen LogP contribution in [0.2, 0.25) is 0 Å². The first-order valence-electron chi connectivity index (χ1n) is 7.86. The Labute approximate surface area is 115 Å². The minimum absolute atomic E-state index is 0.660. The van der Waals surface area contributed by atoms with Crippen LogP contribution in [0.4, 0.5) is 0 Å². The van der Waals surface area contributed by atoms with Crippen molar-refractivity contribution in [1.82, 2.24) is 15.1 Å². The van der Waals surface area contributed by atoms with Crippen LogP contribution in [0.15, 0.2) is 6.07 Å². The van der Waals surface area contributed by atoms with Crippen molar-refractivity contribution < 1.29 is 0 Å². The van der Waals surface area contributed by atoms with Crippen molar-refractivity contribution in [3.63, 3.8) is 0 Å². The van der Waals surface area contributed by atoms with Crippen LogP contribution in [-0.2, 0) is 13.5 Å². The fourth-order valence-electron chi connectivity index (χ4n) is 5.44. The molecule has 3 aliphatic rings. The van der Waals surface area contributed by atoms with Gasteiger partial charge >= 0.3 is 0 Å². The van der Waals surface area contributed by atoms with Gasteiger partial charge in [-0.15, -0.1) is 0 Å². The molecular weight excluding hydrogens is 234 g/mol. The Kier molecular flexibility index (Phi) is 2.57. The molecule has 1 heterocycles. The molecule has 1 aromatic heterocycles. The van der Waals surface area contributed by atoms with Crippen LogP contribution in [0.1, 0.15) is 30.7 Å². The van der Waals surface area contributed by atoms with E-state index >= 15 is 0 Å². The highest BCUT2D eigenvalue weighted by atomic mass is 15.3. The summed E-state index contributed by atoms with van der Waals surface area (Å²) in [4.78, 5) is 0. The number of aryl methyl sites for hydroxylation is 2. The lowest BCUT2D eigenvalue weighted by Crippen LogP contribution is -2.33. The summed E-state index contributed by atoms with van der Waals surface area (Å²) in [6.45, 7) is 2.09. The largest absolute Gasteiger partial charge is 0.316 e. The Balaban J connectivity index is 1.49. The predicted molar refractivity (Wildman–Crippen MR) is 75.8 cm³/mol. The van der Waals surface area contributed by atoms with Gasteiger partial charge in [0.05, 0.1) is 5.69 Å². The second-order valence-electron chi connectivity index (χ2n) is 7.07. The van der Waals surface area contributed by atoms with Crippen molar-refractivity contribution in [3.05, 3.63) is 17.5 Å². The van der Waals surface area contributed by atoms with Crippen molar-refractivity contribution in [2.45, 2.75) is 38.6 Å². The third kappa shape index (κ3) is 1.70. The van der Waals surface area contributed by atoms with E-state index in [9.17, 15) is 0 Å². The first-order chi connectivity index (χ1) is 9.19. The standard InChI is InChI=1S/C16H25N3/c1-9-6-12(19(3)18-9)8-13(17-2)16-14-10-4-5-11(7-10)15(14)16/h6,10-11,13-17H,4-5,7-8H2,1-3H3. The Morgan fingerprint density at radius 3 is 2.58 bits per heavy atom. The van der Waals surface area contributed by atoms with Crippen LogP contribution in [0.3, 0.4) is 0 Å². The molecule has 104 valence electrons. The van der Waals surface area contributed by atoms with Gasteiger partial charge in [0, 0.05) is 25.2 Å². The van der Waals surface area contributed by atoms with Gasteiger partial charge in [-0.1, -0.05) is 0 Å². The number of nitrogens with zero attached hydrogens (tertiary/aromatic N) is 2. The number of likely N-dealkylation sites (N-methyl/N-ethyl adjacent to an activating group) is 1. The van der Waals surface area contributed by atoms with Crippen LogP contribution in [0.25, 0.3) is 0 Å². The molecule has 5 atom stereocenters. The first-order valence-corrected chi connectivity index (χ1v) is 7.86. The molecule has 2 bridgehead atoms. The van der Waals surface area contributed by atoms with Crippen molar-refractivity contribution in [2.24, 2.45) is 36.6 Å². The highest BCUT2D eigenvalue weighted by molar-refractivity contribution is 5.18. The number of hydrogen-bond acceptors (Lipinski definition) is 2. The third-order valence-corrected chi connectivity index (χ3v) is 6.16. The van der Waals surface area contributed by atoms with Crippen molar-refractivity contribution in [1.29, 1.82) is 0 Å². The number of nitrogens with one attached hydrogen (secondary N) is 1. The molecular formula is C16H25N3. The normalized spacial score (nSPS) is 40.5. The lowest BCUT2D eigenvalue weighted by Gasteiger charge is -2.20. The molecule has 3 saturated carbocycles. The zero-order valence-electron chi connectivity index (χ0n) is 12.3. The molecule has 0 aliphatic heterocycles. The van der Waals surface area contributed by atoms with E-state index in [0.29, 0.717) is 6.04 Å². The minimum Gasteiger partial charge on any atom is -0.316 e. The van der Waals surface area contributed by atoms with E-state index in [-0.39, 0.29) is 0 Å². The molecule has 3 heteroatoms. The molecule has 3 aliphatic carbocycles. The van der Waals surface area contributed by atoms with Gasteiger partial charge in [-0.25, -0.2) is 0 Å². The average molecular weight is 259 g/mol. The second kappa shape index (κ2) is 4.08. The van der Waals surface area contributed by atoms with E-state index in [1.165, 1.54) is 18.5 Å². The maximum Gasteiger partial charge on any atom is 0.0596 e. The SMILES string of the molecule is CNC(Cc1cc(C)nn1C)C1C2C3CCC(C3)C21. The van der Waals surface area contributed by atoms with Gasteiger partial charge in [0.25, 0.3) is 0 Å². The van der Waals surface area contributed by atoms with Gasteiger partial charge < -0.3 is 5.32 Å². The number of rotatable bonds is 4. The van der Waals surface area contributed by atoms with Crippen LogP contribution >= 0.6 is 0 Å². The lowest BCUT2D eigenvalue weighted by molar-refractivity contribution is 0.372. The van der Waals surface area contributed by atoms with Crippen LogP contribution < -0.4 is 5.32 Å². The molecule has 0 spiro atoms. The van der Waals surface area contributed by atoms with Gasteiger partial charge in [-0.2, -0.15) is 5.10 Å². The number of aromatic nitrogens is 2. The second-order valence-corrected chi connectivity index (χ2v) is 7.07. The van der Waals surface area contributed by atoms with Crippen LogP contribution in [0, 0.1) is 36.5 Å². The summed E-state index contributed by atoms with van der Waals surface area (Å²) in [5.41, 5.74) is 2.53. The molecule has 3 nitrogen and oxygen atoms in total. The van der Waals surface area contributed by atoms with Gasteiger partial charge in [0.1, 0.15) is 0 Å². The van der Waals surface area contributed by atoms with Crippen molar-refractivity contribution >= 4 is 0 Å². The Morgan fingerprint density at radius 1 is 1.37 bits per heavy atom. The molecule has 0 saturated heterocycles. The summed E-state index contributed by atoms with van der Waals surface area (Å²) < 4.78 is 2.06. The average Bonchev–Trinajstić information content (AvgIpc) is 2.70. The third-order valence-electron chi connectivity index (χ3n) is 6.16. The summed E-state index contributed by atoms with van der Waals surface area (Å²) in [6, 6.07) is 2.91. The van der Waals surface area contributed by atoms with Gasteiger partial charge in [-0.3, -0.25) is 4.68 Å². The molecule has 1 N–H and O–H groups in total. The molecule has 4 rings (SSSR count). The zero-order valence-corrected chi connectivity index (χ0v) is 12.3. The quantitative estimate of drug-likeness (QED) is 0.898. The Hall–Kier alpha value is -0.830. The minimum atomic E-state index is 0.660. The molecule has 3 fully saturated rings. The number of fused-ring (bicyclic) bond motifs is 5. The first kappa shape index (κ1) is 12.0. The molecule has 5 unspecified atom stereocenters. The van der Waals surface area contributed by atoms with E-state index < -0.39 is 0 Å². The summed E-state index contributed by atoms with van der Waals surface area (Å²) >= 11 is 0. The highest BCUT2D eigenvalue weighted by Crippen LogP contribution is 2.70. The molecule has 0 radical (unpaired) electrons. The number of hydrogen-bond donors (Lipinski definition) is 1. The van der Waals surface area contributed by atoms with Crippen molar-refractivity contribution in [2.75, 3.05) is 7.05 Å². The summed E-state index contributed by atoms with van der Waals surface area (Å²) in [7, 11) is 4.22. The lowest BCUT2D eigenvalue weighted by atomic mass is 9.95. The maximum atomic E-state index is 4.48. The Bertz CT molecular complexity index is 476. The smallest absolute Gasteiger partial charge is 0.0596 e. The van der Waals surface area contributed by atoms with E-state index in [1.54, 1.807) is 6.42 Å². The molecule has 19 heavy (non-hydrogen) atoms. The monoisotopic (exact) mass is 259 g/mol. The van der Waals surface area contributed by atoms with Gasteiger partial charge in [-0.05, 0) is 68.9 Å². The summed E-state index contributed by atoms with van der Waals surface area (Å²) in [5, 5.41) is 8.09. The topological polar surface area (TPSA) is 29.9 Å². The van der Waals surface area contributed by atoms with E-state index in [2.05, 4.69) is 42.2 Å². The van der Waals surface area contributed by atoms with E-state index in [0.717, 1.165) is 41.7 Å². The summed E-state index contributed by atoms with van der Waals surface area (Å²) in [5.74, 6) is 5.22.